The molecule has 11 rings (SSSR count). The molecule has 10 aromatic rings. The van der Waals surface area contributed by atoms with Crippen molar-refractivity contribution in [3.05, 3.63) is 223 Å². The van der Waals surface area contributed by atoms with Gasteiger partial charge in [0.25, 0.3) is 0 Å². The minimum Gasteiger partial charge on any atom is -0.454 e. The molecule has 0 aliphatic heterocycles. The zero-order valence-corrected chi connectivity index (χ0v) is 33.1. The standard InChI is InChI=1S/C57H41NO/c1-57(2)52-36-42(38-15-6-3-7-16-38)27-31-48(52)49-32-30-47(37-53(49)57)58(54-23-14-22-51-50-21-12-13-24-55(50)59-56(51)54)46-28-25-41(26-29-46)45-34-43(39-17-8-4-9-18-39)33-44(35-45)40-19-10-5-11-20-40/h3-37H,1-2H3. The molecule has 0 spiro atoms. The van der Waals surface area contributed by atoms with Gasteiger partial charge in [-0.15, -0.1) is 0 Å². The van der Waals surface area contributed by atoms with E-state index in [4.69, 9.17) is 4.42 Å². The third-order valence-electron chi connectivity index (χ3n) is 12.3. The monoisotopic (exact) mass is 755 g/mol. The molecule has 0 radical (unpaired) electrons. The summed E-state index contributed by atoms with van der Waals surface area (Å²) in [5, 5.41) is 2.22. The van der Waals surface area contributed by atoms with Crippen LogP contribution in [-0.2, 0) is 5.41 Å². The summed E-state index contributed by atoms with van der Waals surface area (Å²) < 4.78 is 6.71. The van der Waals surface area contributed by atoms with Crippen LogP contribution in [0.2, 0.25) is 0 Å². The van der Waals surface area contributed by atoms with Gasteiger partial charge in [-0.05, 0) is 127 Å². The van der Waals surface area contributed by atoms with Gasteiger partial charge < -0.3 is 9.32 Å². The summed E-state index contributed by atoms with van der Waals surface area (Å²) >= 11 is 0. The fourth-order valence-corrected chi connectivity index (χ4v) is 9.20. The van der Waals surface area contributed by atoms with Crippen LogP contribution in [0.5, 0.6) is 0 Å². The van der Waals surface area contributed by atoms with Crippen molar-refractivity contribution in [1.82, 2.24) is 0 Å². The van der Waals surface area contributed by atoms with Gasteiger partial charge in [0.05, 0.1) is 5.69 Å². The van der Waals surface area contributed by atoms with Gasteiger partial charge in [-0.25, -0.2) is 0 Å². The van der Waals surface area contributed by atoms with Crippen molar-refractivity contribution >= 4 is 39.0 Å². The SMILES string of the molecule is CC1(C)c2cc(-c3ccccc3)ccc2-c2ccc(N(c3ccc(-c4cc(-c5ccccc5)cc(-c5ccccc5)c4)cc3)c3cccc4c3oc3ccccc34)cc21. The molecule has 280 valence electrons. The van der Waals surface area contributed by atoms with Gasteiger partial charge >= 0.3 is 0 Å². The van der Waals surface area contributed by atoms with Crippen LogP contribution in [0.3, 0.4) is 0 Å². The number of hydrogen-bond donors (Lipinski definition) is 0. The van der Waals surface area contributed by atoms with Crippen molar-refractivity contribution in [1.29, 1.82) is 0 Å². The first-order chi connectivity index (χ1) is 29.0. The number of para-hydroxylation sites is 2. The van der Waals surface area contributed by atoms with Crippen molar-refractivity contribution in [3.63, 3.8) is 0 Å². The van der Waals surface area contributed by atoms with Crippen molar-refractivity contribution in [3.8, 4) is 55.6 Å². The molecule has 0 unspecified atom stereocenters. The van der Waals surface area contributed by atoms with Gasteiger partial charge in [0.1, 0.15) is 5.58 Å². The predicted molar refractivity (Wildman–Crippen MR) is 248 cm³/mol. The second-order valence-electron chi connectivity index (χ2n) is 16.1. The quantitative estimate of drug-likeness (QED) is 0.161. The Balaban J connectivity index is 1.05. The number of anilines is 3. The Morgan fingerprint density at radius 1 is 0.356 bits per heavy atom. The fraction of sp³-hybridized carbons (Fsp3) is 0.0526. The summed E-state index contributed by atoms with van der Waals surface area (Å²) in [6, 6.07) is 76.8. The molecule has 1 aliphatic rings. The highest BCUT2D eigenvalue weighted by Crippen LogP contribution is 2.52. The molecule has 0 bridgehead atoms. The van der Waals surface area contributed by atoms with E-state index in [0.29, 0.717) is 0 Å². The molecule has 0 N–H and O–H groups in total. The van der Waals surface area contributed by atoms with Crippen LogP contribution in [0, 0.1) is 0 Å². The first-order valence-electron chi connectivity index (χ1n) is 20.4. The number of furan rings is 1. The van der Waals surface area contributed by atoms with Crippen LogP contribution in [-0.4, -0.2) is 0 Å². The van der Waals surface area contributed by atoms with Crippen LogP contribution in [0.25, 0.3) is 77.6 Å². The van der Waals surface area contributed by atoms with E-state index in [9.17, 15) is 0 Å². The van der Waals surface area contributed by atoms with E-state index in [-0.39, 0.29) is 5.41 Å². The number of rotatable bonds is 7. The van der Waals surface area contributed by atoms with E-state index >= 15 is 0 Å². The summed E-state index contributed by atoms with van der Waals surface area (Å²) in [7, 11) is 0. The van der Waals surface area contributed by atoms with Gasteiger partial charge in [-0.1, -0.05) is 166 Å². The Kier molecular flexibility index (Phi) is 8.20. The van der Waals surface area contributed by atoms with Crippen molar-refractivity contribution < 1.29 is 4.42 Å². The van der Waals surface area contributed by atoms with Gasteiger partial charge in [0, 0.05) is 27.6 Å². The lowest BCUT2D eigenvalue weighted by Gasteiger charge is -2.28. The molecule has 1 heterocycles. The van der Waals surface area contributed by atoms with Gasteiger partial charge in [0.15, 0.2) is 5.58 Å². The van der Waals surface area contributed by atoms with Gasteiger partial charge in [-0.3, -0.25) is 0 Å². The lowest BCUT2D eigenvalue weighted by atomic mass is 9.81. The third-order valence-corrected chi connectivity index (χ3v) is 12.3. The Morgan fingerprint density at radius 3 is 1.46 bits per heavy atom. The molecular formula is C57H41NO. The Morgan fingerprint density at radius 2 is 0.831 bits per heavy atom. The van der Waals surface area contributed by atoms with Crippen LogP contribution < -0.4 is 4.90 Å². The van der Waals surface area contributed by atoms with E-state index in [1.807, 2.05) is 6.07 Å². The van der Waals surface area contributed by atoms with Crippen LogP contribution in [0.15, 0.2) is 217 Å². The number of hydrogen-bond acceptors (Lipinski definition) is 2. The molecule has 59 heavy (non-hydrogen) atoms. The van der Waals surface area contributed by atoms with Crippen LogP contribution >= 0.6 is 0 Å². The third kappa shape index (κ3) is 5.96. The summed E-state index contributed by atoms with van der Waals surface area (Å²) in [5.74, 6) is 0. The molecule has 9 aromatic carbocycles. The zero-order chi connectivity index (χ0) is 39.5. The van der Waals surface area contributed by atoms with Crippen molar-refractivity contribution in [2.75, 3.05) is 4.90 Å². The highest BCUT2D eigenvalue weighted by Gasteiger charge is 2.36. The van der Waals surface area contributed by atoms with Crippen LogP contribution in [0.4, 0.5) is 17.1 Å². The van der Waals surface area contributed by atoms with Crippen LogP contribution in [0.1, 0.15) is 25.0 Å². The Labute approximate surface area is 345 Å². The van der Waals surface area contributed by atoms with E-state index in [1.54, 1.807) is 0 Å². The minimum atomic E-state index is -0.202. The highest BCUT2D eigenvalue weighted by molar-refractivity contribution is 6.10. The Bertz CT molecular complexity index is 3100. The zero-order valence-electron chi connectivity index (χ0n) is 33.1. The molecule has 0 amide bonds. The number of fused-ring (bicyclic) bond motifs is 6. The molecular weight excluding hydrogens is 715 g/mol. The summed E-state index contributed by atoms with van der Waals surface area (Å²) in [5.41, 5.74) is 19.6. The van der Waals surface area contributed by atoms with E-state index in [1.165, 1.54) is 61.2 Å². The summed E-state index contributed by atoms with van der Waals surface area (Å²) in [4.78, 5) is 2.37. The average Bonchev–Trinajstić information content (AvgIpc) is 3.79. The lowest BCUT2D eigenvalue weighted by molar-refractivity contribution is 0.660. The van der Waals surface area contributed by atoms with E-state index in [0.717, 1.165) is 44.6 Å². The molecule has 2 nitrogen and oxygen atoms in total. The van der Waals surface area contributed by atoms with Gasteiger partial charge in [-0.2, -0.15) is 0 Å². The first-order valence-corrected chi connectivity index (χ1v) is 20.4. The van der Waals surface area contributed by atoms with Crippen molar-refractivity contribution in [2.24, 2.45) is 0 Å². The van der Waals surface area contributed by atoms with E-state index < -0.39 is 0 Å². The summed E-state index contributed by atoms with van der Waals surface area (Å²) in [6.07, 6.45) is 0. The average molecular weight is 756 g/mol. The van der Waals surface area contributed by atoms with Crippen molar-refractivity contribution in [2.45, 2.75) is 19.3 Å². The first kappa shape index (κ1) is 34.8. The molecule has 1 aromatic heterocycles. The number of benzene rings is 9. The normalized spacial score (nSPS) is 12.7. The molecule has 0 saturated carbocycles. The predicted octanol–water partition coefficient (Wildman–Crippen LogP) is 16.0. The molecule has 0 fully saturated rings. The molecule has 1 aliphatic carbocycles. The topological polar surface area (TPSA) is 16.4 Å². The largest absolute Gasteiger partial charge is 0.454 e. The highest BCUT2D eigenvalue weighted by atomic mass is 16.3. The van der Waals surface area contributed by atoms with Gasteiger partial charge in [0.2, 0.25) is 0 Å². The fourth-order valence-electron chi connectivity index (χ4n) is 9.20. The maximum absolute atomic E-state index is 6.71. The smallest absolute Gasteiger partial charge is 0.159 e. The van der Waals surface area contributed by atoms with E-state index in [2.05, 4.69) is 225 Å². The maximum Gasteiger partial charge on any atom is 0.159 e. The molecule has 2 heteroatoms. The second kappa shape index (κ2) is 13.9. The second-order valence-corrected chi connectivity index (χ2v) is 16.1. The number of nitrogens with zero attached hydrogens (tertiary/aromatic N) is 1. The molecule has 0 atom stereocenters. The maximum atomic E-state index is 6.71. The Hall–Kier alpha value is -7.42. The molecule has 0 saturated heterocycles. The minimum absolute atomic E-state index is 0.202. The summed E-state index contributed by atoms with van der Waals surface area (Å²) in [6.45, 7) is 4.73. The lowest BCUT2D eigenvalue weighted by Crippen LogP contribution is -2.16.